The largest absolute Gasteiger partial charge is 0.309 e. The number of fused-ring (bicyclic) bond motifs is 10. The van der Waals surface area contributed by atoms with Gasteiger partial charge >= 0.3 is 0 Å². The second kappa shape index (κ2) is 11.8. The Hall–Kier alpha value is -6.94. The first-order valence-electron chi connectivity index (χ1n) is 18.8. The molecule has 256 valence electrons. The molecule has 0 atom stereocenters. The van der Waals surface area contributed by atoms with Gasteiger partial charge in [-0.1, -0.05) is 115 Å². The van der Waals surface area contributed by atoms with Crippen LogP contribution >= 0.6 is 11.3 Å². The van der Waals surface area contributed by atoms with Gasteiger partial charge in [0.1, 0.15) is 0 Å². The Bertz CT molecular complexity index is 3490. The van der Waals surface area contributed by atoms with E-state index in [1.807, 2.05) is 11.3 Å². The standard InChI is InChI=1S/C52H32N2S/c1-2-11-33(12-3-1)34-15-10-16-39(27-34)54-49-25-22-38(30-44(49)45-28-35-13-4-5-14-36(35)31-50(45)54)37-21-24-48-43(29-37)41-17-6-8-19-47(41)53(48)40-23-26-52-46(32-40)42-18-7-9-20-51(42)55-52/h1-32H. The summed E-state index contributed by atoms with van der Waals surface area (Å²) in [4.78, 5) is 0. The average molecular weight is 717 g/mol. The van der Waals surface area contributed by atoms with Crippen LogP contribution in [0.4, 0.5) is 0 Å². The van der Waals surface area contributed by atoms with Gasteiger partial charge in [-0.25, -0.2) is 0 Å². The molecule has 12 aromatic rings. The summed E-state index contributed by atoms with van der Waals surface area (Å²) >= 11 is 1.87. The van der Waals surface area contributed by atoms with E-state index in [-0.39, 0.29) is 0 Å². The van der Waals surface area contributed by atoms with Crippen LogP contribution in [0.15, 0.2) is 194 Å². The molecule has 0 aliphatic carbocycles. The SMILES string of the molecule is c1ccc(-c2cccc(-n3c4ccc(-c5ccc6c(c5)c5ccccc5n6-c5ccc6sc7ccccc7c6c5)cc4c4cc5ccccc5cc43)c2)cc1. The maximum absolute atomic E-state index is 2.44. The van der Waals surface area contributed by atoms with Crippen LogP contribution < -0.4 is 0 Å². The molecular weight excluding hydrogens is 685 g/mol. The van der Waals surface area contributed by atoms with Gasteiger partial charge in [0, 0.05) is 53.1 Å². The van der Waals surface area contributed by atoms with Gasteiger partial charge in [0.25, 0.3) is 0 Å². The topological polar surface area (TPSA) is 9.86 Å². The third-order valence-corrected chi connectivity index (χ3v) is 12.6. The minimum atomic E-state index is 1.16. The Kier molecular flexibility index (Phi) is 6.54. The fourth-order valence-corrected chi connectivity index (χ4v) is 9.99. The van der Waals surface area contributed by atoms with Crippen LogP contribution in [-0.4, -0.2) is 9.13 Å². The lowest BCUT2D eigenvalue weighted by Gasteiger charge is -2.11. The Morgan fingerprint density at radius 2 is 0.836 bits per heavy atom. The molecule has 3 heteroatoms. The van der Waals surface area contributed by atoms with Crippen molar-refractivity contribution in [3.63, 3.8) is 0 Å². The Morgan fingerprint density at radius 3 is 1.65 bits per heavy atom. The third kappa shape index (κ3) is 4.67. The predicted molar refractivity (Wildman–Crippen MR) is 236 cm³/mol. The van der Waals surface area contributed by atoms with Crippen molar-refractivity contribution in [3.05, 3.63) is 194 Å². The number of aromatic nitrogens is 2. The van der Waals surface area contributed by atoms with Gasteiger partial charge in [-0.05, 0) is 112 Å². The zero-order valence-electron chi connectivity index (χ0n) is 29.8. The van der Waals surface area contributed by atoms with Gasteiger partial charge in [-0.3, -0.25) is 0 Å². The Morgan fingerprint density at radius 1 is 0.273 bits per heavy atom. The minimum Gasteiger partial charge on any atom is -0.309 e. The average Bonchev–Trinajstić information content (AvgIpc) is 3.89. The van der Waals surface area contributed by atoms with Crippen molar-refractivity contribution in [2.24, 2.45) is 0 Å². The highest BCUT2D eigenvalue weighted by molar-refractivity contribution is 7.25. The molecule has 3 aromatic heterocycles. The summed E-state index contributed by atoms with van der Waals surface area (Å²) in [6.45, 7) is 0. The van der Waals surface area contributed by atoms with Crippen molar-refractivity contribution in [3.8, 4) is 33.6 Å². The fraction of sp³-hybridized carbons (Fsp3) is 0. The zero-order valence-corrected chi connectivity index (χ0v) is 30.6. The molecule has 0 saturated carbocycles. The summed E-state index contributed by atoms with van der Waals surface area (Å²) in [5, 5.41) is 10.2. The van der Waals surface area contributed by atoms with Crippen LogP contribution in [-0.2, 0) is 0 Å². The highest BCUT2D eigenvalue weighted by atomic mass is 32.1. The van der Waals surface area contributed by atoms with Crippen molar-refractivity contribution in [1.29, 1.82) is 0 Å². The molecule has 0 bridgehead atoms. The van der Waals surface area contributed by atoms with Crippen LogP contribution in [0.2, 0.25) is 0 Å². The van der Waals surface area contributed by atoms with Gasteiger partial charge in [0.2, 0.25) is 0 Å². The molecule has 0 aliphatic rings. The van der Waals surface area contributed by atoms with Gasteiger partial charge < -0.3 is 9.13 Å². The van der Waals surface area contributed by atoms with Crippen molar-refractivity contribution in [1.82, 2.24) is 9.13 Å². The maximum atomic E-state index is 2.44. The van der Waals surface area contributed by atoms with Crippen LogP contribution in [0.1, 0.15) is 0 Å². The van der Waals surface area contributed by atoms with Gasteiger partial charge in [0.15, 0.2) is 0 Å². The summed E-state index contributed by atoms with van der Waals surface area (Å²) in [5.41, 5.74) is 12.0. The normalized spacial score (nSPS) is 12.0. The third-order valence-electron chi connectivity index (χ3n) is 11.5. The smallest absolute Gasteiger partial charge is 0.0547 e. The zero-order chi connectivity index (χ0) is 36.0. The Labute approximate surface area is 321 Å². The lowest BCUT2D eigenvalue weighted by Crippen LogP contribution is -1.94. The number of thiophene rings is 1. The van der Waals surface area contributed by atoms with Crippen LogP contribution in [0.25, 0.3) is 108 Å². The fourth-order valence-electron chi connectivity index (χ4n) is 8.90. The van der Waals surface area contributed by atoms with E-state index in [1.54, 1.807) is 0 Å². The summed E-state index contributed by atoms with van der Waals surface area (Å²) in [5.74, 6) is 0. The van der Waals surface area contributed by atoms with Crippen molar-refractivity contribution in [2.45, 2.75) is 0 Å². The molecule has 3 heterocycles. The molecule has 0 N–H and O–H groups in total. The predicted octanol–water partition coefficient (Wildman–Crippen LogP) is 14.7. The number of nitrogens with zero attached hydrogens (tertiary/aromatic N) is 2. The van der Waals surface area contributed by atoms with Crippen LogP contribution in [0.5, 0.6) is 0 Å². The number of para-hydroxylation sites is 1. The second-order valence-corrected chi connectivity index (χ2v) is 15.6. The summed E-state index contributed by atoms with van der Waals surface area (Å²) < 4.78 is 7.53. The molecule has 0 saturated heterocycles. The molecule has 55 heavy (non-hydrogen) atoms. The highest BCUT2D eigenvalue weighted by Crippen LogP contribution is 2.41. The molecule has 0 aliphatic heterocycles. The molecule has 0 radical (unpaired) electrons. The van der Waals surface area contributed by atoms with Crippen molar-refractivity contribution < 1.29 is 0 Å². The van der Waals surface area contributed by atoms with Crippen LogP contribution in [0, 0.1) is 0 Å². The molecule has 0 fully saturated rings. The molecule has 9 aromatic carbocycles. The molecular formula is C52H32N2S. The van der Waals surface area contributed by atoms with E-state index >= 15 is 0 Å². The molecule has 12 rings (SSSR count). The monoisotopic (exact) mass is 716 g/mol. The maximum Gasteiger partial charge on any atom is 0.0547 e. The van der Waals surface area contributed by atoms with Gasteiger partial charge in [-0.15, -0.1) is 11.3 Å². The highest BCUT2D eigenvalue weighted by Gasteiger charge is 2.18. The van der Waals surface area contributed by atoms with Crippen molar-refractivity contribution in [2.75, 3.05) is 0 Å². The van der Waals surface area contributed by atoms with E-state index in [0.717, 1.165) is 5.69 Å². The van der Waals surface area contributed by atoms with Crippen molar-refractivity contribution >= 4 is 85.9 Å². The van der Waals surface area contributed by atoms with E-state index in [2.05, 4.69) is 203 Å². The van der Waals surface area contributed by atoms with E-state index in [4.69, 9.17) is 0 Å². The Balaban J connectivity index is 1.05. The summed E-state index contributed by atoms with van der Waals surface area (Å²) in [7, 11) is 0. The van der Waals surface area contributed by atoms with Gasteiger partial charge in [-0.2, -0.15) is 0 Å². The number of hydrogen-bond donors (Lipinski definition) is 0. The number of benzene rings is 9. The lowest BCUT2D eigenvalue weighted by molar-refractivity contribution is 1.18. The molecule has 2 nitrogen and oxygen atoms in total. The lowest BCUT2D eigenvalue weighted by atomic mass is 10.00. The number of hydrogen-bond acceptors (Lipinski definition) is 1. The van der Waals surface area contributed by atoms with E-state index in [9.17, 15) is 0 Å². The van der Waals surface area contributed by atoms with E-state index in [1.165, 1.54) is 102 Å². The summed E-state index contributed by atoms with van der Waals surface area (Å²) in [6, 6.07) is 71.6. The molecule has 0 amide bonds. The summed E-state index contributed by atoms with van der Waals surface area (Å²) in [6.07, 6.45) is 0. The van der Waals surface area contributed by atoms with Gasteiger partial charge in [0.05, 0.1) is 22.1 Å². The minimum absolute atomic E-state index is 1.16. The number of rotatable bonds is 4. The molecule has 0 unspecified atom stereocenters. The molecule has 0 spiro atoms. The van der Waals surface area contributed by atoms with E-state index in [0.29, 0.717) is 0 Å². The first-order chi connectivity index (χ1) is 27.2. The second-order valence-electron chi connectivity index (χ2n) is 14.6. The van der Waals surface area contributed by atoms with Crippen LogP contribution in [0.3, 0.4) is 0 Å². The first-order valence-corrected chi connectivity index (χ1v) is 19.6. The quantitative estimate of drug-likeness (QED) is 0.172. The first kappa shape index (κ1) is 30.5. The van der Waals surface area contributed by atoms with E-state index < -0.39 is 0 Å².